The smallest absolute Gasteiger partial charge is 0.0714 e. The van der Waals surface area contributed by atoms with Crippen LogP contribution in [0.5, 0.6) is 0 Å². The van der Waals surface area contributed by atoms with Crippen LogP contribution in [0, 0.1) is 0 Å². The minimum Gasteiger partial charge on any atom is -0.377 e. The van der Waals surface area contributed by atoms with Crippen molar-refractivity contribution in [2.75, 3.05) is 26.2 Å². The average Bonchev–Trinajstić information content (AvgIpc) is 2.30. The van der Waals surface area contributed by atoms with Crippen LogP contribution in [-0.2, 0) is 4.74 Å². The third kappa shape index (κ3) is 1.32. The molecule has 0 aliphatic carbocycles. The molecular formula is C8H15NO. The van der Waals surface area contributed by atoms with Gasteiger partial charge in [0.1, 0.15) is 0 Å². The van der Waals surface area contributed by atoms with Crippen LogP contribution in [0.1, 0.15) is 19.3 Å². The third-order valence-electron chi connectivity index (χ3n) is 2.45. The fourth-order valence-corrected chi connectivity index (χ4v) is 1.82. The van der Waals surface area contributed by atoms with Crippen molar-refractivity contribution in [3.8, 4) is 0 Å². The lowest BCUT2D eigenvalue weighted by Crippen LogP contribution is -2.27. The minimum absolute atomic E-state index is 0.570. The van der Waals surface area contributed by atoms with Crippen LogP contribution in [0.25, 0.3) is 0 Å². The van der Waals surface area contributed by atoms with E-state index in [-0.39, 0.29) is 0 Å². The molecule has 0 radical (unpaired) electrons. The van der Waals surface area contributed by atoms with E-state index in [2.05, 4.69) is 4.90 Å². The molecule has 2 nitrogen and oxygen atoms in total. The van der Waals surface area contributed by atoms with Gasteiger partial charge in [0.15, 0.2) is 0 Å². The first-order valence-electron chi connectivity index (χ1n) is 4.29. The van der Waals surface area contributed by atoms with Gasteiger partial charge in [-0.25, -0.2) is 0 Å². The van der Waals surface area contributed by atoms with Crippen LogP contribution in [0.4, 0.5) is 0 Å². The zero-order chi connectivity index (χ0) is 6.81. The molecule has 0 saturated carbocycles. The van der Waals surface area contributed by atoms with Crippen molar-refractivity contribution in [3.05, 3.63) is 0 Å². The summed E-state index contributed by atoms with van der Waals surface area (Å²) in [6.45, 7) is 4.77. The summed E-state index contributed by atoms with van der Waals surface area (Å²) in [4.78, 5) is 2.52. The van der Waals surface area contributed by atoms with Gasteiger partial charge in [-0.15, -0.1) is 0 Å². The second-order valence-electron chi connectivity index (χ2n) is 3.29. The van der Waals surface area contributed by atoms with Crippen LogP contribution >= 0.6 is 0 Å². The predicted molar refractivity (Wildman–Crippen MR) is 40.0 cm³/mol. The van der Waals surface area contributed by atoms with E-state index in [1.165, 1.54) is 38.9 Å². The molecule has 0 amide bonds. The Morgan fingerprint density at radius 3 is 3.20 bits per heavy atom. The zero-order valence-corrected chi connectivity index (χ0v) is 6.38. The van der Waals surface area contributed by atoms with Gasteiger partial charge in [0.25, 0.3) is 0 Å². The highest BCUT2D eigenvalue weighted by atomic mass is 16.5. The van der Waals surface area contributed by atoms with Gasteiger partial charge >= 0.3 is 0 Å². The Morgan fingerprint density at radius 2 is 2.20 bits per heavy atom. The molecule has 2 aliphatic heterocycles. The number of rotatable bonds is 0. The van der Waals surface area contributed by atoms with Gasteiger partial charge in [0.2, 0.25) is 0 Å². The molecule has 10 heavy (non-hydrogen) atoms. The van der Waals surface area contributed by atoms with Gasteiger partial charge in [-0.3, -0.25) is 0 Å². The maximum Gasteiger partial charge on any atom is 0.0714 e. The Kier molecular flexibility index (Phi) is 1.91. The summed E-state index contributed by atoms with van der Waals surface area (Å²) in [7, 11) is 0. The lowest BCUT2D eigenvalue weighted by molar-refractivity contribution is 0.0464. The highest BCUT2D eigenvalue weighted by Crippen LogP contribution is 2.16. The molecule has 2 fully saturated rings. The Morgan fingerprint density at radius 1 is 1.20 bits per heavy atom. The predicted octanol–water partition coefficient (Wildman–Crippen LogP) is 0.871. The number of hydrogen-bond acceptors (Lipinski definition) is 2. The number of fused-ring (bicyclic) bond motifs is 2. The first kappa shape index (κ1) is 6.62. The van der Waals surface area contributed by atoms with Crippen LogP contribution in [0.3, 0.4) is 0 Å². The maximum atomic E-state index is 5.63. The van der Waals surface area contributed by atoms with E-state index in [1.54, 1.807) is 0 Å². The molecule has 2 bridgehead atoms. The summed E-state index contributed by atoms with van der Waals surface area (Å²) < 4.78 is 5.63. The second-order valence-corrected chi connectivity index (χ2v) is 3.29. The first-order chi connectivity index (χ1) is 4.95. The quantitative estimate of drug-likeness (QED) is 0.496. The van der Waals surface area contributed by atoms with E-state index in [4.69, 9.17) is 4.74 Å². The van der Waals surface area contributed by atoms with Crippen molar-refractivity contribution in [2.24, 2.45) is 0 Å². The molecule has 2 saturated heterocycles. The number of nitrogens with zero attached hydrogens (tertiary/aromatic N) is 1. The molecule has 2 unspecified atom stereocenters. The van der Waals surface area contributed by atoms with Crippen molar-refractivity contribution in [3.63, 3.8) is 0 Å². The largest absolute Gasteiger partial charge is 0.377 e. The summed E-state index contributed by atoms with van der Waals surface area (Å²) in [5.74, 6) is 0. The molecule has 2 atom stereocenters. The van der Waals surface area contributed by atoms with E-state index in [0.29, 0.717) is 6.10 Å². The molecule has 0 N–H and O–H groups in total. The summed E-state index contributed by atoms with van der Waals surface area (Å²) in [5.41, 5.74) is 0. The van der Waals surface area contributed by atoms with E-state index in [1.807, 2.05) is 0 Å². The van der Waals surface area contributed by atoms with Crippen molar-refractivity contribution in [1.29, 1.82) is 0 Å². The van der Waals surface area contributed by atoms with Crippen molar-refractivity contribution in [2.45, 2.75) is 25.4 Å². The molecule has 2 rings (SSSR count). The average molecular weight is 141 g/mol. The normalized spacial score (nSPS) is 40.8. The highest BCUT2D eigenvalue weighted by Gasteiger charge is 2.23. The lowest BCUT2D eigenvalue weighted by atomic mass is 10.3. The van der Waals surface area contributed by atoms with Crippen LogP contribution in [0.2, 0.25) is 0 Å². The molecule has 2 heterocycles. The fourth-order valence-electron chi connectivity index (χ4n) is 1.82. The summed E-state index contributed by atoms with van der Waals surface area (Å²) >= 11 is 0. The van der Waals surface area contributed by atoms with Crippen LogP contribution in [0.15, 0.2) is 0 Å². The van der Waals surface area contributed by atoms with Crippen LogP contribution in [-0.4, -0.2) is 37.2 Å². The topological polar surface area (TPSA) is 12.5 Å². The van der Waals surface area contributed by atoms with E-state index in [0.717, 1.165) is 6.61 Å². The molecular weight excluding hydrogens is 126 g/mol. The molecule has 0 spiro atoms. The maximum absolute atomic E-state index is 5.63. The molecule has 0 aromatic carbocycles. The Hall–Kier alpha value is -0.0800. The van der Waals surface area contributed by atoms with Crippen molar-refractivity contribution >= 4 is 0 Å². The van der Waals surface area contributed by atoms with Crippen LogP contribution < -0.4 is 0 Å². The molecule has 0 aromatic rings. The molecule has 58 valence electrons. The molecule has 2 aliphatic rings. The van der Waals surface area contributed by atoms with Gasteiger partial charge in [0.05, 0.1) is 6.10 Å². The van der Waals surface area contributed by atoms with Gasteiger partial charge in [-0.05, 0) is 25.8 Å². The lowest BCUT2D eigenvalue weighted by Gasteiger charge is -2.19. The van der Waals surface area contributed by atoms with Gasteiger partial charge < -0.3 is 9.64 Å². The standard InChI is InChI=1S/C8H15NO/c1-2-6-10-8-3-5-9(4-1)7-8/h8H,1-7H2. The Balaban J connectivity index is 1.91. The van der Waals surface area contributed by atoms with Crippen molar-refractivity contribution in [1.82, 2.24) is 4.90 Å². The first-order valence-corrected chi connectivity index (χ1v) is 4.29. The Bertz CT molecular complexity index is 104. The highest BCUT2D eigenvalue weighted by molar-refractivity contribution is 4.77. The zero-order valence-electron chi connectivity index (χ0n) is 6.38. The number of hydrogen-bond donors (Lipinski definition) is 0. The SMILES string of the molecule is C1CCN2CCC(C2)OC1. The van der Waals surface area contributed by atoms with Gasteiger partial charge in [-0.1, -0.05) is 0 Å². The van der Waals surface area contributed by atoms with Gasteiger partial charge in [0, 0.05) is 19.7 Å². The molecule has 0 aromatic heterocycles. The minimum atomic E-state index is 0.570. The Labute approximate surface area is 62.2 Å². The van der Waals surface area contributed by atoms with Crippen molar-refractivity contribution < 1.29 is 4.74 Å². The summed E-state index contributed by atoms with van der Waals surface area (Å²) in [6, 6.07) is 0. The second kappa shape index (κ2) is 2.89. The monoisotopic (exact) mass is 141 g/mol. The van der Waals surface area contributed by atoms with Gasteiger partial charge in [-0.2, -0.15) is 0 Å². The fraction of sp³-hybridized carbons (Fsp3) is 1.00. The molecule has 2 heteroatoms. The van der Waals surface area contributed by atoms with E-state index in [9.17, 15) is 0 Å². The third-order valence-corrected chi connectivity index (χ3v) is 2.45. The number of ether oxygens (including phenoxy) is 1. The van der Waals surface area contributed by atoms with E-state index < -0.39 is 0 Å². The summed E-state index contributed by atoms with van der Waals surface area (Å²) in [5, 5.41) is 0. The summed E-state index contributed by atoms with van der Waals surface area (Å²) in [6.07, 6.45) is 4.42. The van der Waals surface area contributed by atoms with E-state index >= 15 is 0 Å².